The summed E-state index contributed by atoms with van der Waals surface area (Å²) in [5.74, 6) is 1.88. The molecule has 32 heavy (non-hydrogen) atoms. The molecule has 1 fully saturated rings. The SMILES string of the molecule is COc1ccc(-c2nnn(C3CCN(C(=S)Nc4ccc(C)cc4C)CC3)n2)cc1OC. The van der Waals surface area contributed by atoms with Crippen LogP contribution in [0.3, 0.4) is 0 Å². The van der Waals surface area contributed by atoms with Crippen LogP contribution in [-0.4, -0.2) is 57.5 Å². The number of anilines is 1. The van der Waals surface area contributed by atoms with E-state index in [4.69, 9.17) is 21.7 Å². The fourth-order valence-electron chi connectivity index (χ4n) is 3.92. The lowest BCUT2D eigenvalue weighted by molar-refractivity contribution is 0.238. The average molecular weight is 453 g/mol. The summed E-state index contributed by atoms with van der Waals surface area (Å²) < 4.78 is 10.7. The van der Waals surface area contributed by atoms with E-state index in [9.17, 15) is 0 Å². The number of piperidine rings is 1. The van der Waals surface area contributed by atoms with Crippen molar-refractivity contribution in [2.24, 2.45) is 0 Å². The van der Waals surface area contributed by atoms with E-state index < -0.39 is 0 Å². The number of nitrogens with zero attached hydrogens (tertiary/aromatic N) is 5. The molecule has 8 nitrogen and oxygen atoms in total. The van der Waals surface area contributed by atoms with E-state index >= 15 is 0 Å². The van der Waals surface area contributed by atoms with Gasteiger partial charge in [-0.2, -0.15) is 4.80 Å². The molecule has 0 unspecified atom stereocenters. The molecular formula is C23H28N6O2S. The van der Waals surface area contributed by atoms with Crippen molar-refractivity contribution in [3.8, 4) is 22.9 Å². The van der Waals surface area contributed by atoms with Crippen LogP contribution in [0.4, 0.5) is 5.69 Å². The van der Waals surface area contributed by atoms with Crippen LogP contribution in [0.25, 0.3) is 11.4 Å². The number of benzene rings is 2. The van der Waals surface area contributed by atoms with Crippen molar-refractivity contribution in [3.63, 3.8) is 0 Å². The Morgan fingerprint density at radius 2 is 1.78 bits per heavy atom. The van der Waals surface area contributed by atoms with Gasteiger partial charge in [0.05, 0.1) is 20.3 Å². The number of hydrogen-bond acceptors (Lipinski definition) is 6. The minimum atomic E-state index is 0.191. The maximum atomic E-state index is 5.66. The minimum Gasteiger partial charge on any atom is -0.493 e. The maximum absolute atomic E-state index is 5.66. The van der Waals surface area contributed by atoms with Gasteiger partial charge in [0.2, 0.25) is 5.82 Å². The van der Waals surface area contributed by atoms with Gasteiger partial charge in [-0.1, -0.05) is 17.7 Å². The smallest absolute Gasteiger partial charge is 0.205 e. The highest BCUT2D eigenvalue weighted by Crippen LogP contribution is 2.31. The molecule has 1 saturated heterocycles. The van der Waals surface area contributed by atoms with Gasteiger partial charge in [-0.3, -0.25) is 0 Å². The molecule has 1 aliphatic rings. The first kappa shape index (κ1) is 22.0. The molecule has 0 bridgehead atoms. The van der Waals surface area contributed by atoms with Crippen LogP contribution in [0.2, 0.25) is 0 Å². The second-order valence-electron chi connectivity index (χ2n) is 7.97. The quantitative estimate of drug-likeness (QED) is 0.582. The maximum Gasteiger partial charge on any atom is 0.205 e. The molecule has 0 saturated carbocycles. The van der Waals surface area contributed by atoms with Crippen molar-refractivity contribution in [2.75, 3.05) is 32.6 Å². The van der Waals surface area contributed by atoms with Crippen LogP contribution < -0.4 is 14.8 Å². The molecular weight excluding hydrogens is 424 g/mol. The molecule has 0 amide bonds. The fraction of sp³-hybridized carbons (Fsp3) is 0.391. The average Bonchev–Trinajstić information content (AvgIpc) is 3.31. The topological polar surface area (TPSA) is 77.3 Å². The van der Waals surface area contributed by atoms with Gasteiger partial charge in [-0.25, -0.2) is 0 Å². The molecule has 3 aromatic rings. The van der Waals surface area contributed by atoms with E-state index in [2.05, 4.69) is 57.7 Å². The standard InChI is InChI=1S/C23H28N6O2S/c1-15-5-7-19(16(2)13-15)24-23(32)28-11-9-18(10-12-28)29-26-22(25-27-29)17-6-8-20(30-3)21(14-17)31-4/h5-8,13-14,18H,9-12H2,1-4H3,(H,24,32). The first-order chi connectivity index (χ1) is 15.5. The van der Waals surface area contributed by atoms with Crippen LogP contribution in [-0.2, 0) is 0 Å². The Kier molecular flexibility index (Phi) is 6.55. The van der Waals surface area contributed by atoms with E-state index in [1.54, 1.807) is 19.0 Å². The Morgan fingerprint density at radius 1 is 1.03 bits per heavy atom. The molecule has 0 atom stereocenters. The summed E-state index contributed by atoms with van der Waals surface area (Å²) >= 11 is 5.66. The number of hydrogen-bond donors (Lipinski definition) is 1. The van der Waals surface area contributed by atoms with Crippen molar-refractivity contribution >= 4 is 23.0 Å². The molecule has 9 heteroatoms. The molecule has 1 aromatic heterocycles. The summed E-state index contributed by atoms with van der Waals surface area (Å²) in [6, 6.07) is 12.1. The van der Waals surface area contributed by atoms with Gasteiger partial charge in [0.25, 0.3) is 0 Å². The second-order valence-corrected chi connectivity index (χ2v) is 8.36. The van der Waals surface area contributed by atoms with Crippen molar-refractivity contribution in [2.45, 2.75) is 32.7 Å². The Morgan fingerprint density at radius 3 is 2.47 bits per heavy atom. The lowest BCUT2D eigenvalue weighted by Crippen LogP contribution is -2.41. The van der Waals surface area contributed by atoms with Crippen LogP contribution >= 0.6 is 12.2 Å². The first-order valence-corrected chi connectivity index (χ1v) is 11.0. The number of likely N-dealkylation sites (tertiary alicyclic amines) is 1. The van der Waals surface area contributed by atoms with Gasteiger partial charge < -0.3 is 19.7 Å². The molecule has 2 heterocycles. The van der Waals surface area contributed by atoms with E-state index in [0.29, 0.717) is 17.3 Å². The lowest BCUT2D eigenvalue weighted by atomic mass is 10.1. The van der Waals surface area contributed by atoms with Gasteiger partial charge >= 0.3 is 0 Å². The Hall–Kier alpha value is -3.20. The van der Waals surface area contributed by atoms with Crippen LogP contribution in [0.1, 0.15) is 30.0 Å². The predicted molar refractivity (Wildman–Crippen MR) is 128 cm³/mol. The molecule has 0 aliphatic carbocycles. The van der Waals surface area contributed by atoms with Crippen molar-refractivity contribution in [3.05, 3.63) is 47.5 Å². The number of methoxy groups -OCH3 is 2. The predicted octanol–water partition coefficient (Wildman–Crippen LogP) is 4.01. The summed E-state index contributed by atoms with van der Waals surface area (Å²) in [5.41, 5.74) is 4.33. The van der Waals surface area contributed by atoms with E-state index in [0.717, 1.165) is 42.3 Å². The van der Waals surface area contributed by atoms with Gasteiger partial charge in [-0.15, -0.1) is 10.2 Å². The normalized spacial score (nSPS) is 14.3. The monoisotopic (exact) mass is 452 g/mol. The molecule has 2 aromatic carbocycles. The summed E-state index contributed by atoms with van der Waals surface area (Å²) in [6.45, 7) is 5.87. The largest absolute Gasteiger partial charge is 0.493 e. The first-order valence-electron chi connectivity index (χ1n) is 10.6. The Balaban J connectivity index is 1.38. The third kappa shape index (κ3) is 4.67. The highest BCUT2D eigenvalue weighted by atomic mass is 32.1. The highest BCUT2D eigenvalue weighted by molar-refractivity contribution is 7.80. The Labute approximate surface area is 193 Å². The molecule has 1 aliphatic heterocycles. The summed E-state index contributed by atoms with van der Waals surface area (Å²) in [4.78, 5) is 3.93. The molecule has 0 radical (unpaired) electrons. The number of aryl methyl sites for hydroxylation is 2. The fourth-order valence-corrected chi connectivity index (χ4v) is 4.21. The third-order valence-electron chi connectivity index (χ3n) is 5.77. The molecule has 1 N–H and O–H groups in total. The van der Waals surface area contributed by atoms with Crippen LogP contribution in [0.5, 0.6) is 11.5 Å². The summed E-state index contributed by atoms with van der Waals surface area (Å²) in [5, 5.41) is 17.3. The zero-order valence-electron chi connectivity index (χ0n) is 18.8. The summed E-state index contributed by atoms with van der Waals surface area (Å²) in [7, 11) is 3.22. The number of ether oxygens (including phenoxy) is 2. The van der Waals surface area contributed by atoms with Gasteiger partial charge in [0.1, 0.15) is 0 Å². The van der Waals surface area contributed by atoms with Crippen molar-refractivity contribution < 1.29 is 9.47 Å². The zero-order chi connectivity index (χ0) is 22.7. The molecule has 0 spiro atoms. The van der Waals surface area contributed by atoms with Crippen LogP contribution in [0, 0.1) is 13.8 Å². The minimum absolute atomic E-state index is 0.191. The third-order valence-corrected chi connectivity index (χ3v) is 6.13. The highest BCUT2D eigenvalue weighted by Gasteiger charge is 2.24. The number of nitrogens with one attached hydrogen (secondary N) is 1. The number of tetrazole rings is 1. The van der Waals surface area contributed by atoms with Gasteiger partial charge in [-0.05, 0) is 73.9 Å². The van der Waals surface area contributed by atoms with E-state index in [1.165, 1.54) is 11.1 Å². The van der Waals surface area contributed by atoms with Gasteiger partial charge in [0.15, 0.2) is 16.6 Å². The van der Waals surface area contributed by atoms with Crippen molar-refractivity contribution in [1.82, 2.24) is 25.1 Å². The molecule has 4 rings (SSSR count). The van der Waals surface area contributed by atoms with Crippen molar-refractivity contribution in [1.29, 1.82) is 0 Å². The number of rotatable bonds is 5. The Bertz CT molecular complexity index is 1110. The van der Waals surface area contributed by atoms with E-state index in [-0.39, 0.29) is 6.04 Å². The lowest BCUT2D eigenvalue weighted by Gasteiger charge is -2.33. The second kappa shape index (κ2) is 9.52. The summed E-state index contributed by atoms with van der Waals surface area (Å²) in [6.07, 6.45) is 1.80. The van der Waals surface area contributed by atoms with Gasteiger partial charge in [0, 0.05) is 24.3 Å². The zero-order valence-corrected chi connectivity index (χ0v) is 19.6. The van der Waals surface area contributed by atoms with E-state index in [1.807, 2.05) is 18.2 Å². The van der Waals surface area contributed by atoms with Crippen LogP contribution in [0.15, 0.2) is 36.4 Å². The molecule has 168 valence electrons. The number of thiocarbonyl (C=S) groups is 1. The number of aromatic nitrogens is 4.